The second kappa shape index (κ2) is 4.50. The van der Waals surface area contributed by atoms with Gasteiger partial charge in [-0.15, -0.1) is 0 Å². The second-order valence-corrected chi connectivity index (χ2v) is 7.60. The van der Waals surface area contributed by atoms with Gasteiger partial charge in [0.05, 0.1) is 0 Å². The molecule has 1 rings (SSSR count). The van der Waals surface area contributed by atoms with Crippen LogP contribution in [0.15, 0.2) is 0 Å². The summed E-state index contributed by atoms with van der Waals surface area (Å²) in [5.74, 6) is 0. The molecule has 1 saturated carbocycles. The predicted molar refractivity (Wildman–Crippen MR) is 69.7 cm³/mol. The fraction of sp³-hybridized carbons (Fsp3) is 1.00. The summed E-state index contributed by atoms with van der Waals surface area (Å²) in [6.07, 6.45) is 0.776. The Labute approximate surface area is 105 Å². The molecule has 0 spiro atoms. The highest BCUT2D eigenvalue weighted by Gasteiger charge is 2.60. The summed E-state index contributed by atoms with van der Waals surface area (Å²) < 4.78 is 28.9. The number of rotatable bonds is 5. The minimum atomic E-state index is -3.42. The first-order valence-electron chi connectivity index (χ1n) is 6.08. The molecule has 1 fully saturated rings. The van der Waals surface area contributed by atoms with Crippen LogP contribution in [0.3, 0.4) is 0 Å². The summed E-state index contributed by atoms with van der Waals surface area (Å²) in [6.45, 7) is 10.4. The van der Waals surface area contributed by atoms with Gasteiger partial charge in [-0.25, -0.2) is 4.72 Å². The largest absolute Gasteiger partial charge is 0.327 e. The van der Waals surface area contributed by atoms with Gasteiger partial charge in [-0.1, -0.05) is 34.6 Å². The van der Waals surface area contributed by atoms with E-state index in [0.29, 0.717) is 6.54 Å². The number of hydrogen-bond acceptors (Lipinski definition) is 3. The zero-order valence-electron chi connectivity index (χ0n) is 11.4. The minimum Gasteiger partial charge on any atom is -0.327 e. The van der Waals surface area contributed by atoms with Gasteiger partial charge in [0.25, 0.3) is 10.2 Å². The molecule has 0 unspecified atom stereocenters. The van der Waals surface area contributed by atoms with E-state index in [0.717, 1.165) is 6.42 Å². The molecular formula is C11H25N3O2S. The Morgan fingerprint density at radius 2 is 1.65 bits per heavy atom. The molecule has 0 amide bonds. The highest BCUT2D eigenvalue weighted by molar-refractivity contribution is 7.87. The fourth-order valence-corrected chi connectivity index (χ4v) is 4.39. The molecule has 17 heavy (non-hydrogen) atoms. The molecule has 102 valence electrons. The lowest BCUT2D eigenvalue weighted by Gasteiger charge is -2.62. The normalized spacial score (nSPS) is 30.9. The van der Waals surface area contributed by atoms with Crippen molar-refractivity contribution in [2.75, 3.05) is 6.54 Å². The lowest BCUT2D eigenvalue weighted by atomic mass is 9.49. The van der Waals surface area contributed by atoms with E-state index in [2.05, 4.69) is 9.44 Å². The lowest BCUT2D eigenvalue weighted by molar-refractivity contribution is -0.0595. The topological polar surface area (TPSA) is 84.2 Å². The van der Waals surface area contributed by atoms with E-state index in [1.807, 2.05) is 34.6 Å². The van der Waals surface area contributed by atoms with Crippen molar-refractivity contribution in [2.24, 2.45) is 16.6 Å². The molecule has 0 heterocycles. The second-order valence-electron chi connectivity index (χ2n) is 6.07. The number of hydrogen-bond donors (Lipinski definition) is 3. The molecular weight excluding hydrogens is 238 g/mol. The van der Waals surface area contributed by atoms with Gasteiger partial charge in [-0.2, -0.15) is 13.1 Å². The number of nitrogens with one attached hydrogen (secondary N) is 2. The molecule has 0 aliphatic heterocycles. The first kappa shape index (κ1) is 14.9. The van der Waals surface area contributed by atoms with E-state index in [1.54, 1.807) is 0 Å². The molecule has 1 aliphatic rings. The van der Waals surface area contributed by atoms with Crippen LogP contribution in [0.2, 0.25) is 0 Å². The molecule has 6 heteroatoms. The molecule has 0 saturated heterocycles. The van der Waals surface area contributed by atoms with Crippen molar-refractivity contribution in [3.63, 3.8) is 0 Å². The molecule has 0 bridgehead atoms. The zero-order chi connectivity index (χ0) is 13.5. The third kappa shape index (κ3) is 2.65. The highest BCUT2D eigenvalue weighted by Crippen LogP contribution is 2.52. The summed E-state index contributed by atoms with van der Waals surface area (Å²) in [7, 11) is -3.42. The van der Waals surface area contributed by atoms with Crippen molar-refractivity contribution >= 4 is 10.2 Å². The molecule has 1 aliphatic carbocycles. The maximum absolute atomic E-state index is 11.8. The highest BCUT2D eigenvalue weighted by atomic mass is 32.2. The van der Waals surface area contributed by atoms with E-state index >= 15 is 0 Å². The van der Waals surface area contributed by atoms with Crippen LogP contribution in [0.1, 0.15) is 41.0 Å². The molecule has 0 aromatic heterocycles. The Hall–Kier alpha value is -0.170. The Morgan fingerprint density at radius 3 is 2.06 bits per heavy atom. The van der Waals surface area contributed by atoms with Gasteiger partial charge in [0.1, 0.15) is 0 Å². The van der Waals surface area contributed by atoms with Gasteiger partial charge >= 0.3 is 0 Å². The van der Waals surface area contributed by atoms with Gasteiger partial charge in [0.15, 0.2) is 0 Å². The SMILES string of the molecule is CCCNS(=O)(=O)NC1C(C)(C)C(N)C1(C)C. The summed E-state index contributed by atoms with van der Waals surface area (Å²) in [5.41, 5.74) is 5.65. The van der Waals surface area contributed by atoms with E-state index in [4.69, 9.17) is 5.73 Å². The zero-order valence-corrected chi connectivity index (χ0v) is 12.2. The van der Waals surface area contributed by atoms with Gasteiger partial charge in [-0.05, 0) is 17.3 Å². The maximum atomic E-state index is 11.8. The molecule has 0 aromatic carbocycles. The van der Waals surface area contributed by atoms with Crippen molar-refractivity contribution in [2.45, 2.75) is 53.1 Å². The Bertz CT molecular complexity index is 360. The van der Waals surface area contributed by atoms with Crippen molar-refractivity contribution in [3.8, 4) is 0 Å². The smallest absolute Gasteiger partial charge is 0.277 e. The fourth-order valence-electron chi connectivity index (χ4n) is 2.92. The van der Waals surface area contributed by atoms with Gasteiger partial charge in [0, 0.05) is 18.6 Å². The first-order valence-corrected chi connectivity index (χ1v) is 7.56. The average Bonchev–Trinajstić information content (AvgIpc) is 2.22. The van der Waals surface area contributed by atoms with Crippen LogP contribution in [-0.4, -0.2) is 27.0 Å². The van der Waals surface area contributed by atoms with Crippen molar-refractivity contribution in [1.29, 1.82) is 0 Å². The molecule has 0 aromatic rings. The maximum Gasteiger partial charge on any atom is 0.277 e. The third-order valence-electron chi connectivity index (χ3n) is 3.91. The van der Waals surface area contributed by atoms with E-state index < -0.39 is 10.2 Å². The van der Waals surface area contributed by atoms with Crippen LogP contribution in [0, 0.1) is 10.8 Å². The molecule has 5 nitrogen and oxygen atoms in total. The summed E-state index contributed by atoms with van der Waals surface area (Å²) in [6, 6.07) is -0.145. The van der Waals surface area contributed by atoms with Gasteiger partial charge in [0.2, 0.25) is 0 Å². The third-order valence-corrected chi connectivity index (χ3v) is 5.04. The Balaban J connectivity index is 2.75. The molecule has 0 atom stereocenters. The van der Waals surface area contributed by atoms with E-state index in [-0.39, 0.29) is 22.9 Å². The van der Waals surface area contributed by atoms with Crippen molar-refractivity contribution < 1.29 is 8.42 Å². The summed E-state index contributed by atoms with van der Waals surface area (Å²) in [4.78, 5) is 0. The van der Waals surface area contributed by atoms with Gasteiger partial charge < -0.3 is 5.73 Å². The Morgan fingerprint density at radius 1 is 1.18 bits per heavy atom. The van der Waals surface area contributed by atoms with Crippen molar-refractivity contribution in [3.05, 3.63) is 0 Å². The average molecular weight is 263 g/mol. The van der Waals surface area contributed by atoms with Crippen LogP contribution < -0.4 is 15.2 Å². The predicted octanol–water partition coefficient (Wildman–Crippen LogP) is 0.582. The Kier molecular flexibility index (Phi) is 3.94. The summed E-state index contributed by atoms with van der Waals surface area (Å²) >= 11 is 0. The summed E-state index contributed by atoms with van der Waals surface area (Å²) in [5, 5.41) is 0. The molecule has 4 N–H and O–H groups in total. The standard InChI is InChI=1S/C11H25N3O2S/c1-6-7-13-17(15,16)14-9-10(2,3)8(12)11(9,4)5/h8-9,13-14H,6-7,12H2,1-5H3. The first-order chi connectivity index (χ1) is 7.55. The van der Waals surface area contributed by atoms with E-state index in [9.17, 15) is 8.42 Å². The number of nitrogens with two attached hydrogens (primary N) is 1. The van der Waals surface area contributed by atoms with Crippen molar-refractivity contribution in [1.82, 2.24) is 9.44 Å². The molecule has 0 radical (unpaired) electrons. The monoisotopic (exact) mass is 263 g/mol. The van der Waals surface area contributed by atoms with Crippen LogP contribution in [0.4, 0.5) is 0 Å². The van der Waals surface area contributed by atoms with Crippen LogP contribution in [0.25, 0.3) is 0 Å². The van der Waals surface area contributed by atoms with Crippen LogP contribution >= 0.6 is 0 Å². The van der Waals surface area contributed by atoms with Crippen LogP contribution in [0.5, 0.6) is 0 Å². The quantitative estimate of drug-likeness (QED) is 0.678. The minimum absolute atomic E-state index is 0.00567. The van der Waals surface area contributed by atoms with Gasteiger partial charge in [-0.3, -0.25) is 0 Å². The van der Waals surface area contributed by atoms with Crippen LogP contribution in [-0.2, 0) is 10.2 Å². The van der Waals surface area contributed by atoms with E-state index in [1.165, 1.54) is 0 Å². The lowest BCUT2D eigenvalue weighted by Crippen LogP contribution is -2.76.